The van der Waals surface area contributed by atoms with E-state index in [2.05, 4.69) is 16.7 Å². The zero-order chi connectivity index (χ0) is 9.30. The molecule has 0 aliphatic rings. The molecule has 0 aromatic carbocycles. The van der Waals surface area contributed by atoms with E-state index in [1.807, 2.05) is 0 Å². The van der Waals surface area contributed by atoms with Crippen LogP contribution in [0.2, 0.25) is 0 Å². The van der Waals surface area contributed by atoms with Gasteiger partial charge < -0.3 is 10.3 Å². The van der Waals surface area contributed by atoms with Crippen LogP contribution in [0.5, 0.6) is 0 Å². The van der Waals surface area contributed by atoms with Crippen molar-refractivity contribution in [2.24, 2.45) is 12.0 Å². The molecule has 1 aromatic rings. The van der Waals surface area contributed by atoms with Crippen LogP contribution in [0.1, 0.15) is 0 Å². The number of aromatic nitrogens is 2. The van der Waals surface area contributed by atoms with Crippen LogP contribution in [0, 0.1) is 4.77 Å². The molecule has 12 heavy (non-hydrogen) atoms. The minimum atomic E-state index is -0.411. The standard InChI is InChI=1S/C6H8N4OS/c1-8-3-4(7)10(2)6(12)9-5(3)11/h1,7H2,2H3,(H,9,11,12). The summed E-state index contributed by atoms with van der Waals surface area (Å²) in [5, 5.41) is 0. The predicted molar refractivity (Wildman–Crippen MR) is 50.5 cm³/mol. The van der Waals surface area contributed by atoms with Crippen molar-refractivity contribution in [3.8, 4) is 0 Å². The Morgan fingerprint density at radius 3 is 2.83 bits per heavy atom. The van der Waals surface area contributed by atoms with Crippen LogP contribution in [-0.2, 0) is 7.05 Å². The Labute approximate surface area is 73.6 Å². The second-order valence-corrected chi connectivity index (χ2v) is 2.60. The van der Waals surface area contributed by atoms with Gasteiger partial charge in [0.05, 0.1) is 0 Å². The molecule has 0 spiro atoms. The van der Waals surface area contributed by atoms with Crippen molar-refractivity contribution >= 4 is 30.4 Å². The van der Waals surface area contributed by atoms with E-state index in [9.17, 15) is 4.79 Å². The Morgan fingerprint density at radius 2 is 2.33 bits per heavy atom. The minimum Gasteiger partial charge on any atom is -0.383 e. The maximum Gasteiger partial charge on any atom is 0.279 e. The van der Waals surface area contributed by atoms with Crippen LogP contribution in [-0.4, -0.2) is 16.3 Å². The second kappa shape index (κ2) is 2.90. The predicted octanol–water partition coefficient (Wildman–Crippen LogP) is 0.357. The summed E-state index contributed by atoms with van der Waals surface area (Å²) < 4.78 is 1.73. The second-order valence-electron chi connectivity index (χ2n) is 2.21. The highest BCUT2D eigenvalue weighted by Crippen LogP contribution is 2.12. The lowest BCUT2D eigenvalue weighted by Crippen LogP contribution is -2.15. The van der Waals surface area contributed by atoms with Crippen LogP contribution >= 0.6 is 12.2 Å². The molecule has 0 unspecified atom stereocenters. The van der Waals surface area contributed by atoms with Gasteiger partial charge in [-0.25, -0.2) is 0 Å². The first kappa shape index (κ1) is 8.66. The minimum absolute atomic E-state index is 0.103. The number of nitrogens with one attached hydrogen (secondary N) is 1. The monoisotopic (exact) mass is 184 g/mol. The molecule has 3 N–H and O–H groups in total. The maximum atomic E-state index is 11.1. The van der Waals surface area contributed by atoms with Gasteiger partial charge in [-0.1, -0.05) is 0 Å². The van der Waals surface area contributed by atoms with Gasteiger partial charge in [-0.15, -0.1) is 0 Å². The van der Waals surface area contributed by atoms with E-state index in [0.29, 0.717) is 0 Å². The number of nitrogens with zero attached hydrogens (tertiary/aromatic N) is 2. The number of aliphatic imine (C=N–C) groups is 1. The number of H-pyrrole nitrogens is 1. The molecule has 6 heteroatoms. The number of nitrogens with two attached hydrogens (primary N) is 1. The zero-order valence-corrected chi connectivity index (χ0v) is 7.31. The van der Waals surface area contributed by atoms with E-state index < -0.39 is 5.56 Å². The Kier molecular flexibility index (Phi) is 2.09. The fourth-order valence-electron chi connectivity index (χ4n) is 0.778. The third-order valence-corrected chi connectivity index (χ3v) is 1.88. The molecule has 0 aliphatic heterocycles. The van der Waals surface area contributed by atoms with Crippen molar-refractivity contribution in [2.45, 2.75) is 0 Å². The van der Waals surface area contributed by atoms with E-state index in [1.54, 1.807) is 7.05 Å². The van der Waals surface area contributed by atoms with E-state index in [1.165, 1.54) is 4.57 Å². The van der Waals surface area contributed by atoms with Crippen molar-refractivity contribution in [1.29, 1.82) is 0 Å². The normalized spacial score (nSPS) is 9.75. The van der Waals surface area contributed by atoms with E-state index >= 15 is 0 Å². The molecule has 0 saturated carbocycles. The van der Waals surface area contributed by atoms with Crippen LogP contribution in [0.15, 0.2) is 9.79 Å². The number of anilines is 1. The Morgan fingerprint density at radius 1 is 1.75 bits per heavy atom. The van der Waals surface area contributed by atoms with E-state index in [-0.39, 0.29) is 16.3 Å². The van der Waals surface area contributed by atoms with Gasteiger partial charge in [0.1, 0.15) is 5.82 Å². The van der Waals surface area contributed by atoms with E-state index in [0.717, 1.165) is 0 Å². The Bertz CT molecular complexity index is 430. The highest BCUT2D eigenvalue weighted by molar-refractivity contribution is 7.71. The van der Waals surface area contributed by atoms with Gasteiger partial charge in [0.25, 0.3) is 5.56 Å². The molecule has 0 radical (unpaired) electrons. The largest absolute Gasteiger partial charge is 0.383 e. The van der Waals surface area contributed by atoms with Gasteiger partial charge in [-0.2, -0.15) is 0 Å². The Hall–Kier alpha value is -1.43. The summed E-state index contributed by atoms with van der Waals surface area (Å²) in [5.74, 6) is 0.221. The molecule has 0 amide bonds. The summed E-state index contributed by atoms with van der Waals surface area (Å²) in [6, 6.07) is 0. The first-order chi connectivity index (χ1) is 5.57. The highest BCUT2D eigenvalue weighted by Gasteiger charge is 2.04. The average Bonchev–Trinajstić information content (AvgIpc) is 2.01. The third-order valence-electron chi connectivity index (χ3n) is 1.50. The Balaban J connectivity index is 3.74. The van der Waals surface area contributed by atoms with Gasteiger partial charge >= 0.3 is 0 Å². The highest BCUT2D eigenvalue weighted by atomic mass is 32.1. The summed E-state index contributed by atoms with van der Waals surface area (Å²) >= 11 is 4.80. The lowest BCUT2D eigenvalue weighted by atomic mass is 10.5. The molecule has 1 heterocycles. The average molecular weight is 184 g/mol. The van der Waals surface area contributed by atoms with Gasteiger partial charge in [0.2, 0.25) is 0 Å². The SMILES string of the molecule is C=Nc1c(N)n(C)c(=S)[nH]c1=O. The molecule has 0 atom stereocenters. The molecule has 64 valence electrons. The summed E-state index contributed by atoms with van der Waals surface area (Å²) in [4.78, 5) is 17.0. The van der Waals surface area contributed by atoms with Crippen molar-refractivity contribution in [2.75, 3.05) is 5.73 Å². The van der Waals surface area contributed by atoms with Crippen LogP contribution in [0.25, 0.3) is 0 Å². The van der Waals surface area contributed by atoms with Crippen LogP contribution in [0.4, 0.5) is 11.5 Å². The molecular weight excluding hydrogens is 176 g/mol. The number of hydrogen-bond donors (Lipinski definition) is 2. The zero-order valence-electron chi connectivity index (χ0n) is 6.50. The summed E-state index contributed by atoms with van der Waals surface area (Å²) in [7, 11) is 1.64. The number of aromatic amines is 1. The molecule has 1 rings (SSSR count). The molecular formula is C6H8N4OS. The quantitative estimate of drug-likeness (QED) is 0.488. The first-order valence-electron chi connectivity index (χ1n) is 3.13. The number of nitrogen functional groups attached to an aromatic ring is 1. The topological polar surface area (TPSA) is 76.2 Å². The molecule has 0 aliphatic carbocycles. The lowest BCUT2D eigenvalue weighted by molar-refractivity contribution is 0.847. The smallest absolute Gasteiger partial charge is 0.279 e. The molecule has 1 aromatic heterocycles. The summed E-state index contributed by atoms with van der Waals surface area (Å²) in [5.41, 5.74) is 5.23. The van der Waals surface area contributed by atoms with Gasteiger partial charge in [-0.05, 0) is 18.9 Å². The molecule has 0 saturated heterocycles. The van der Waals surface area contributed by atoms with Crippen LogP contribution < -0.4 is 11.3 Å². The number of hydrogen-bond acceptors (Lipinski definition) is 4. The molecule has 0 fully saturated rings. The summed E-state index contributed by atoms with van der Waals surface area (Å²) in [6.07, 6.45) is 0. The first-order valence-corrected chi connectivity index (χ1v) is 3.54. The third kappa shape index (κ3) is 1.16. The molecule has 5 nitrogen and oxygen atoms in total. The fraction of sp³-hybridized carbons (Fsp3) is 0.167. The van der Waals surface area contributed by atoms with Gasteiger partial charge in [0, 0.05) is 7.05 Å². The van der Waals surface area contributed by atoms with Crippen molar-refractivity contribution < 1.29 is 0 Å². The fourth-order valence-corrected chi connectivity index (χ4v) is 0.969. The summed E-state index contributed by atoms with van der Waals surface area (Å²) in [6.45, 7) is 3.23. The lowest BCUT2D eigenvalue weighted by Gasteiger charge is -2.04. The van der Waals surface area contributed by atoms with Crippen molar-refractivity contribution in [1.82, 2.24) is 9.55 Å². The van der Waals surface area contributed by atoms with E-state index in [4.69, 9.17) is 18.0 Å². The maximum absolute atomic E-state index is 11.1. The van der Waals surface area contributed by atoms with Gasteiger partial charge in [-0.3, -0.25) is 14.8 Å². The van der Waals surface area contributed by atoms with Crippen molar-refractivity contribution in [3.05, 3.63) is 15.1 Å². The number of rotatable bonds is 1. The van der Waals surface area contributed by atoms with Gasteiger partial charge in [0.15, 0.2) is 10.5 Å². The van der Waals surface area contributed by atoms with Crippen LogP contribution in [0.3, 0.4) is 0 Å². The molecule has 0 bridgehead atoms. The van der Waals surface area contributed by atoms with Crippen molar-refractivity contribution in [3.63, 3.8) is 0 Å².